The van der Waals surface area contributed by atoms with E-state index in [2.05, 4.69) is 41.5 Å². The van der Waals surface area contributed by atoms with Crippen LogP contribution >= 0.6 is 0 Å². The van der Waals surface area contributed by atoms with Crippen LogP contribution in [0.15, 0.2) is 24.3 Å². The molecule has 2 heterocycles. The van der Waals surface area contributed by atoms with Gasteiger partial charge in [-0.2, -0.15) is 0 Å². The monoisotopic (exact) mass is 325 g/mol. The van der Waals surface area contributed by atoms with Crippen molar-refractivity contribution in [3.8, 4) is 0 Å². The standard InChI is InChI=1S/C20H27N3O/c1-3-22-17-8-5-4-7-16(17)21-20(22)18-9-6-12-23(18)19(24)13-14(2)15-10-11-15/h4-5,7-8,14-15,18H,3,6,9-13H2,1-2H3/t14-,18-/m1/s1. The Bertz CT molecular complexity index is 746. The number of amides is 1. The molecule has 1 aliphatic heterocycles. The second-order valence-electron chi connectivity index (χ2n) is 7.47. The lowest BCUT2D eigenvalue weighted by molar-refractivity contribution is -0.133. The summed E-state index contributed by atoms with van der Waals surface area (Å²) in [5, 5.41) is 0. The minimum absolute atomic E-state index is 0.149. The molecule has 2 fully saturated rings. The normalized spacial score (nSPS) is 22.2. The van der Waals surface area contributed by atoms with E-state index in [1.165, 1.54) is 18.4 Å². The van der Waals surface area contributed by atoms with Gasteiger partial charge in [0.05, 0.1) is 17.1 Å². The molecule has 0 N–H and O–H groups in total. The molecule has 1 saturated carbocycles. The van der Waals surface area contributed by atoms with Crippen molar-refractivity contribution in [3.63, 3.8) is 0 Å². The Labute approximate surface area is 143 Å². The van der Waals surface area contributed by atoms with Crippen molar-refractivity contribution in [2.24, 2.45) is 11.8 Å². The second kappa shape index (κ2) is 6.23. The third kappa shape index (κ3) is 2.72. The van der Waals surface area contributed by atoms with Crippen molar-refractivity contribution >= 4 is 16.9 Å². The molecule has 128 valence electrons. The zero-order valence-corrected chi connectivity index (χ0v) is 14.7. The Morgan fingerprint density at radius 1 is 1.29 bits per heavy atom. The summed E-state index contributed by atoms with van der Waals surface area (Å²) >= 11 is 0. The Morgan fingerprint density at radius 2 is 2.08 bits per heavy atom. The van der Waals surface area contributed by atoms with Crippen LogP contribution in [-0.2, 0) is 11.3 Å². The highest BCUT2D eigenvalue weighted by Crippen LogP contribution is 2.40. The maximum absolute atomic E-state index is 12.9. The van der Waals surface area contributed by atoms with E-state index >= 15 is 0 Å². The molecule has 2 aromatic rings. The molecule has 1 saturated heterocycles. The Kier molecular flexibility index (Phi) is 4.07. The summed E-state index contributed by atoms with van der Waals surface area (Å²) in [5.74, 6) is 2.72. The molecular weight excluding hydrogens is 298 g/mol. The Hall–Kier alpha value is -1.84. The zero-order chi connectivity index (χ0) is 16.7. The summed E-state index contributed by atoms with van der Waals surface area (Å²) in [6.45, 7) is 6.18. The first-order valence-corrected chi connectivity index (χ1v) is 9.43. The van der Waals surface area contributed by atoms with Crippen molar-refractivity contribution in [3.05, 3.63) is 30.1 Å². The topological polar surface area (TPSA) is 38.1 Å². The van der Waals surface area contributed by atoms with Crippen LogP contribution < -0.4 is 0 Å². The number of benzene rings is 1. The molecule has 1 amide bonds. The average molecular weight is 325 g/mol. The van der Waals surface area contributed by atoms with E-state index in [4.69, 9.17) is 4.98 Å². The van der Waals surface area contributed by atoms with Gasteiger partial charge in [0.25, 0.3) is 0 Å². The summed E-state index contributed by atoms with van der Waals surface area (Å²) in [7, 11) is 0. The van der Waals surface area contributed by atoms with Crippen LogP contribution in [0.25, 0.3) is 11.0 Å². The maximum Gasteiger partial charge on any atom is 0.223 e. The molecule has 4 heteroatoms. The molecule has 4 rings (SSSR count). The fraction of sp³-hybridized carbons (Fsp3) is 0.600. The van der Waals surface area contributed by atoms with E-state index in [0.29, 0.717) is 18.2 Å². The van der Waals surface area contributed by atoms with Gasteiger partial charge < -0.3 is 9.47 Å². The molecule has 0 unspecified atom stereocenters. The second-order valence-corrected chi connectivity index (χ2v) is 7.47. The largest absolute Gasteiger partial charge is 0.332 e. The zero-order valence-electron chi connectivity index (χ0n) is 14.7. The SMILES string of the molecule is CCn1c([C@H]2CCCN2C(=O)C[C@@H](C)C2CC2)nc2ccccc21. The number of hydrogen-bond donors (Lipinski definition) is 0. The van der Waals surface area contributed by atoms with Crippen LogP contribution in [0.1, 0.15) is 57.8 Å². The summed E-state index contributed by atoms with van der Waals surface area (Å²) in [5.41, 5.74) is 2.22. The molecule has 1 aromatic heterocycles. The van der Waals surface area contributed by atoms with Crippen LogP contribution in [0, 0.1) is 11.8 Å². The van der Waals surface area contributed by atoms with Crippen LogP contribution in [0.5, 0.6) is 0 Å². The summed E-state index contributed by atoms with van der Waals surface area (Å²) in [4.78, 5) is 19.9. The fourth-order valence-electron chi connectivity index (χ4n) is 4.24. The first-order valence-electron chi connectivity index (χ1n) is 9.43. The van der Waals surface area contributed by atoms with Gasteiger partial charge in [0.15, 0.2) is 0 Å². The van der Waals surface area contributed by atoms with Gasteiger partial charge in [-0.3, -0.25) is 4.79 Å². The van der Waals surface area contributed by atoms with Gasteiger partial charge in [-0.05, 0) is 56.6 Å². The molecule has 2 aliphatic rings. The van der Waals surface area contributed by atoms with Gasteiger partial charge in [0.1, 0.15) is 5.82 Å². The number of likely N-dealkylation sites (tertiary alicyclic amines) is 1. The predicted molar refractivity (Wildman–Crippen MR) is 95.6 cm³/mol. The molecular formula is C20H27N3O. The van der Waals surface area contributed by atoms with Crippen molar-refractivity contribution in [2.45, 2.75) is 58.5 Å². The van der Waals surface area contributed by atoms with E-state index < -0.39 is 0 Å². The highest BCUT2D eigenvalue weighted by Gasteiger charge is 2.36. The molecule has 0 radical (unpaired) electrons. The molecule has 1 aromatic carbocycles. The smallest absolute Gasteiger partial charge is 0.223 e. The average Bonchev–Trinajstić information content (AvgIpc) is 3.21. The highest BCUT2D eigenvalue weighted by molar-refractivity contribution is 5.78. The predicted octanol–water partition coefficient (Wildman–Crippen LogP) is 4.16. The lowest BCUT2D eigenvalue weighted by atomic mass is 10.0. The van der Waals surface area contributed by atoms with E-state index in [1.807, 2.05) is 6.07 Å². The van der Waals surface area contributed by atoms with Crippen LogP contribution in [0.3, 0.4) is 0 Å². The van der Waals surface area contributed by atoms with E-state index in [-0.39, 0.29) is 6.04 Å². The number of rotatable bonds is 5. The van der Waals surface area contributed by atoms with Gasteiger partial charge in [-0.25, -0.2) is 4.98 Å². The molecule has 1 aliphatic carbocycles. The quantitative estimate of drug-likeness (QED) is 0.828. The van der Waals surface area contributed by atoms with Crippen molar-refractivity contribution in [2.75, 3.05) is 6.54 Å². The van der Waals surface area contributed by atoms with Crippen LogP contribution in [-0.4, -0.2) is 26.9 Å². The first kappa shape index (κ1) is 15.7. The van der Waals surface area contributed by atoms with Crippen molar-refractivity contribution in [1.29, 1.82) is 0 Å². The van der Waals surface area contributed by atoms with E-state index in [0.717, 1.165) is 43.2 Å². The molecule has 4 nitrogen and oxygen atoms in total. The maximum atomic E-state index is 12.9. The van der Waals surface area contributed by atoms with E-state index in [9.17, 15) is 4.79 Å². The lowest BCUT2D eigenvalue weighted by Crippen LogP contribution is -2.33. The lowest BCUT2D eigenvalue weighted by Gasteiger charge is -2.26. The fourth-order valence-corrected chi connectivity index (χ4v) is 4.24. The minimum Gasteiger partial charge on any atom is -0.332 e. The molecule has 24 heavy (non-hydrogen) atoms. The Balaban J connectivity index is 1.61. The number of carbonyl (C=O) groups excluding carboxylic acids is 1. The third-order valence-corrected chi connectivity index (χ3v) is 5.79. The Morgan fingerprint density at radius 3 is 2.83 bits per heavy atom. The third-order valence-electron chi connectivity index (χ3n) is 5.79. The van der Waals surface area contributed by atoms with E-state index in [1.54, 1.807) is 0 Å². The van der Waals surface area contributed by atoms with Gasteiger partial charge >= 0.3 is 0 Å². The molecule has 0 bridgehead atoms. The molecule has 0 spiro atoms. The highest BCUT2D eigenvalue weighted by atomic mass is 16.2. The number of nitrogens with zero attached hydrogens (tertiary/aromatic N) is 3. The summed E-state index contributed by atoms with van der Waals surface area (Å²) < 4.78 is 2.29. The molecule has 2 atom stereocenters. The number of aromatic nitrogens is 2. The van der Waals surface area contributed by atoms with Crippen LogP contribution in [0.4, 0.5) is 0 Å². The number of para-hydroxylation sites is 2. The number of fused-ring (bicyclic) bond motifs is 1. The first-order chi connectivity index (χ1) is 11.7. The number of hydrogen-bond acceptors (Lipinski definition) is 2. The minimum atomic E-state index is 0.149. The summed E-state index contributed by atoms with van der Waals surface area (Å²) in [6.07, 6.45) is 5.44. The van der Waals surface area contributed by atoms with Gasteiger partial charge in [-0.1, -0.05) is 19.1 Å². The summed E-state index contributed by atoms with van der Waals surface area (Å²) in [6, 6.07) is 8.45. The van der Waals surface area contributed by atoms with Gasteiger partial charge in [0, 0.05) is 19.5 Å². The number of imidazole rings is 1. The van der Waals surface area contributed by atoms with Crippen molar-refractivity contribution < 1.29 is 4.79 Å². The van der Waals surface area contributed by atoms with Gasteiger partial charge in [-0.15, -0.1) is 0 Å². The number of aryl methyl sites for hydroxylation is 1. The van der Waals surface area contributed by atoms with Crippen molar-refractivity contribution in [1.82, 2.24) is 14.5 Å². The van der Waals surface area contributed by atoms with Gasteiger partial charge in [0.2, 0.25) is 5.91 Å². The van der Waals surface area contributed by atoms with Crippen LogP contribution in [0.2, 0.25) is 0 Å². The number of carbonyl (C=O) groups is 1.